The Morgan fingerprint density at radius 2 is 2.24 bits per heavy atom. The van der Waals surface area contributed by atoms with Gasteiger partial charge in [0.2, 0.25) is 0 Å². The van der Waals surface area contributed by atoms with E-state index in [1.165, 1.54) is 6.07 Å². The van der Waals surface area contributed by atoms with Gasteiger partial charge in [-0.15, -0.1) is 24.0 Å². The summed E-state index contributed by atoms with van der Waals surface area (Å²) in [7, 11) is 0. The fourth-order valence-corrected chi connectivity index (χ4v) is 3.38. The van der Waals surface area contributed by atoms with Gasteiger partial charge in [-0.25, -0.2) is 9.38 Å². The highest BCUT2D eigenvalue weighted by Crippen LogP contribution is 2.38. The first-order valence-electron chi connectivity index (χ1n) is 8.71. The van der Waals surface area contributed by atoms with Crippen molar-refractivity contribution in [3.63, 3.8) is 0 Å². The number of nitrogens with zero attached hydrogens (tertiary/aromatic N) is 2. The Bertz CT molecular complexity index is 579. The summed E-state index contributed by atoms with van der Waals surface area (Å²) in [5, 5.41) is 3.35. The maximum Gasteiger partial charge on any atom is 0.194 e. The highest BCUT2D eigenvalue weighted by atomic mass is 127. The summed E-state index contributed by atoms with van der Waals surface area (Å²) in [5.41, 5.74) is 0.305. The van der Waals surface area contributed by atoms with Crippen LogP contribution in [0.3, 0.4) is 0 Å². The summed E-state index contributed by atoms with van der Waals surface area (Å²) in [6, 6.07) is 6.45. The van der Waals surface area contributed by atoms with Gasteiger partial charge in [0.1, 0.15) is 6.61 Å². The number of rotatable bonds is 5. The lowest BCUT2D eigenvalue weighted by Crippen LogP contribution is -2.41. The number of likely N-dealkylation sites (tertiary alicyclic amines) is 1. The van der Waals surface area contributed by atoms with E-state index in [9.17, 15) is 4.39 Å². The Morgan fingerprint density at radius 3 is 2.96 bits per heavy atom. The van der Waals surface area contributed by atoms with Crippen LogP contribution in [0.15, 0.2) is 29.3 Å². The van der Waals surface area contributed by atoms with Crippen molar-refractivity contribution < 1.29 is 13.9 Å². The largest absolute Gasteiger partial charge is 0.489 e. The molecule has 2 fully saturated rings. The molecule has 0 amide bonds. The van der Waals surface area contributed by atoms with Crippen molar-refractivity contribution in [1.29, 1.82) is 0 Å². The molecule has 1 spiro atoms. The van der Waals surface area contributed by atoms with Crippen LogP contribution in [0.25, 0.3) is 0 Å². The minimum atomic E-state index is -0.337. The van der Waals surface area contributed by atoms with Gasteiger partial charge in [-0.1, -0.05) is 12.1 Å². The Kier molecular flexibility index (Phi) is 7.74. The minimum absolute atomic E-state index is 0. The zero-order chi connectivity index (χ0) is 16.8. The van der Waals surface area contributed by atoms with Crippen molar-refractivity contribution in [1.82, 2.24) is 10.2 Å². The monoisotopic (exact) mass is 463 g/mol. The fraction of sp³-hybridized carbons (Fsp3) is 0.611. The van der Waals surface area contributed by atoms with E-state index in [1.807, 2.05) is 0 Å². The second kappa shape index (κ2) is 9.56. The molecule has 0 aromatic heterocycles. The fourth-order valence-electron chi connectivity index (χ4n) is 3.38. The molecule has 2 aliphatic heterocycles. The molecule has 25 heavy (non-hydrogen) atoms. The summed E-state index contributed by atoms with van der Waals surface area (Å²) < 4.78 is 24.6. The number of nitrogens with one attached hydrogen (secondary N) is 1. The van der Waals surface area contributed by atoms with Crippen molar-refractivity contribution in [3.05, 3.63) is 30.1 Å². The molecule has 1 unspecified atom stereocenters. The molecule has 1 N–H and O–H groups in total. The van der Waals surface area contributed by atoms with E-state index in [4.69, 9.17) is 9.47 Å². The quantitative estimate of drug-likeness (QED) is 0.316. The predicted molar refractivity (Wildman–Crippen MR) is 107 cm³/mol. The number of guanidine groups is 1. The van der Waals surface area contributed by atoms with Gasteiger partial charge in [0.25, 0.3) is 0 Å². The summed E-state index contributed by atoms with van der Waals surface area (Å²) >= 11 is 0. The van der Waals surface area contributed by atoms with Crippen LogP contribution in [0.5, 0.6) is 5.75 Å². The first kappa shape index (κ1) is 20.2. The number of para-hydroxylation sites is 1. The maximum absolute atomic E-state index is 13.5. The molecule has 1 aromatic carbocycles. The lowest BCUT2D eigenvalue weighted by Gasteiger charge is -2.25. The third-order valence-electron chi connectivity index (χ3n) is 4.70. The van der Waals surface area contributed by atoms with Crippen LogP contribution in [0.1, 0.15) is 19.8 Å². The summed E-state index contributed by atoms with van der Waals surface area (Å²) in [4.78, 5) is 6.94. The highest BCUT2D eigenvalue weighted by Gasteiger charge is 2.42. The van der Waals surface area contributed by atoms with Crippen LogP contribution in [0, 0.1) is 11.2 Å². The van der Waals surface area contributed by atoms with Gasteiger partial charge >= 0.3 is 0 Å². The van der Waals surface area contributed by atoms with Crippen LogP contribution in [0.4, 0.5) is 4.39 Å². The second-order valence-corrected chi connectivity index (χ2v) is 6.49. The highest BCUT2D eigenvalue weighted by molar-refractivity contribution is 14.0. The van der Waals surface area contributed by atoms with Crippen LogP contribution in [-0.2, 0) is 4.74 Å². The molecule has 2 heterocycles. The first-order valence-corrected chi connectivity index (χ1v) is 8.71. The van der Waals surface area contributed by atoms with Crippen LogP contribution in [-0.4, -0.2) is 56.9 Å². The van der Waals surface area contributed by atoms with Crippen LogP contribution >= 0.6 is 24.0 Å². The van der Waals surface area contributed by atoms with Crippen molar-refractivity contribution in [3.8, 4) is 5.75 Å². The van der Waals surface area contributed by atoms with Gasteiger partial charge in [0.05, 0.1) is 13.2 Å². The molecule has 0 radical (unpaired) electrons. The number of halogens is 2. The zero-order valence-corrected chi connectivity index (χ0v) is 17.0. The Labute approximate surface area is 166 Å². The predicted octanol–water partition coefficient (Wildman–Crippen LogP) is 2.90. The Morgan fingerprint density at radius 1 is 1.40 bits per heavy atom. The van der Waals surface area contributed by atoms with Crippen LogP contribution in [0.2, 0.25) is 0 Å². The van der Waals surface area contributed by atoms with Gasteiger partial charge in [-0.3, -0.25) is 0 Å². The summed E-state index contributed by atoms with van der Waals surface area (Å²) in [6.07, 6.45) is 2.29. The zero-order valence-electron chi connectivity index (χ0n) is 14.7. The Balaban J connectivity index is 0.00000225. The van der Waals surface area contributed by atoms with E-state index in [0.29, 0.717) is 18.6 Å². The Hall–Kier alpha value is -1.09. The second-order valence-electron chi connectivity index (χ2n) is 6.49. The molecule has 2 aliphatic rings. The third-order valence-corrected chi connectivity index (χ3v) is 4.70. The van der Waals surface area contributed by atoms with E-state index in [1.54, 1.807) is 18.2 Å². The minimum Gasteiger partial charge on any atom is -0.489 e. The van der Waals surface area contributed by atoms with E-state index >= 15 is 0 Å². The van der Waals surface area contributed by atoms with Gasteiger partial charge in [0.15, 0.2) is 17.5 Å². The molecule has 140 valence electrons. The lowest BCUT2D eigenvalue weighted by atomic mass is 9.87. The van der Waals surface area contributed by atoms with Gasteiger partial charge in [0, 0.05) is 31.7 Å². The average Bonchev–Trinajstić information content (AvgIpc) is 3.22. The topological polar surface area (TPSA) is 46.1 Å². The number of hydrogen-bond acceptors (Lipinski definition) is 3. The number of benzene rings is 1. The molecule has 0 bridgehead atoms. The van der Waals surface area contributed by atoms with Crippen molar-refractivity contribution in [2.75, 3.05) is 46.0 Å². The molecule has 7 heteroatoms. The van der Waals surface area contributed by atoms with Gasteiger partial charge in [-0.2, -0.15) is 0 Å². The summed E-state index contributed by atoms with van der Waals surface area (Å²) in [6.45, 7) is 7.48. The van der Waals surface area contributed by atoms with Crippen LogP contribution < -0.4 is 10.1 Å². The molecule has 1 aromatic rings. The van der Waals surface area contributed by atoms with Gasteiger partial charge < -0.3 is 19.7 Å². The first-order chi connectivity index (χ1) is 11.7. The van der Waals surface area contributed by atoms with E-state index in [0.717, 1.165) is 51.6 Å². The van der Waals surface area contributed by atoms with Crippen molar-refractivity contribution in [2.45, 2.75) is 19.8 Å². The van der Waals surface area contributed by atoms with Crippen molar-refractivity contribution >= 4 is 29.9 Å². The lowest BCUT2D eigenvalue weighted by molar-refractivity contribution is 0.156. The van der Waals surface area contributed by atoms with E-state index < -0.39 is 0 Å². The molecule has 5 nitrogen and oxygen atoms in total. The maximum atomic E-state index is 13.5. The van der Waals surface area contributed by atoms with E-state index in [-0.39, 0.29) is 35.5 Å². The normalized spacial score (nSPS) is 23.0. The molecular weight excluding hydrogens is 436 g/mol. The SMILES string of the molecule is CCNC(=NCCOc1ccccc1F)N1CCC2(CCOC2)C1.I. The third kappa shape index (κ3) is 5.20. The average molecular weight is 463 g/mol. The molecule has 1 atom stereocenters. The van der Waals surface area contributed by atoms with Crippen molar-refractivity contribution in [2.24, 2.45) is 10.4 Å². The van der Waals surface area contributed by atoms with E-state index in [2.05, 4.69) is 22.1 Å². The number of hydrogen-bond donors (Lipinski definition) is 1. The number of aliphatic imine (C=N–C) groups is 1. The molecule has 3 rings (SSSR count). The summed E-state index contributed by atoms with van der Waals surface area (Å²) in [5.74, 6) is 0.857. The molecule has 2 saturated heterocycles. The smallest absolute Gasteiger partial charge is 0.194 e. The molecular formula is C18H27FIN3O2. The number of ether oxygens (including phenoxy) is 2. The van der Waals surface area contributed by atoms with Gasteiger partial charge in [-0.05, 0) is 31.9 Å². The standard InChI is InChI=1S/C18H26FN3O2.HI/c1-2-20-17(22-10-7-18(13-22)8-11-23-14-18)21-9-12-24-16-6-4-3-5-15(16)19;/h3-6H,2,7-14H2,1H3,(H,20,21);1H. The molecule has 0 aliphatic carbocycles. The molecule has 0 saturated carbocycles.